The van der Waals surface area contributed by atoms with E-state index in [1.54, 1.807) is 48.5 Å². The predicted octanol–water partition coefficient (Wildman–Crippen LogP) is 1.43. The number of para-hydroxylation sites is 1. The van der Waals surface area contributed by atoms with Crippen molar-refractivity contribution in [1.29, 1.82) is 0 Å². The van der Waals surface area contributed by atoms with Crippen molar-refractivity contribution in [3.8, 4) is 0 Å². The first kappa shape index (κ1) is 17.5. The van der Waals surface area contributed by atoms with Crippen LogP contribution in [-0.2, 0) is 20.0 Å². The summed E-state index contributed by atoms with van der Waals surface area (Å²) in [6.45, 7) is -0.0197. The third kappa shape index (κ3) is 4.78. The monoisotopic (exact) mass is 354 g/mol. The van der Waals surface area contributed by atoms with Crippen LogP contribution in [0.2, 0.25) is 0 Å². The first-order valence-electron chi connectivity index (χ1n) is 6.88. The molecule has 0 saturated carbocycles. The van der Waals surface area contributed by atoms with Crippen molar-refractivity contribution in [1.82, 2.24) is 4.72 Å². The van der Waals surface area contributed by atoms with Gasteiger partial charge in [-0.3, -0.25) is 4.31 Å². The molecule has 0 saturated heterocycles. The molecule has 0 aliphatic carbocycles. The van der Waals surface area contributed by atoms with E-state index in [9.17, 15) is 16.8 Å². The summed E-state index contributed by atoms with van der Waals surface area (Å²) in [5, 5.41) is 0. The van der Waals surface area contributed by atoms with Gasteiger partial charge < -0.3 is 0 Å². The molecule has 0 atom stereocenters. The highest BCUT2D eigenvalue weighted by molar-refractivity contribution is 7.92. The summed E-state index contributed by atoms with van der Waals surface area (Å²) in [6, 6.07) is 16.5. The molecule has 0 fully saturated rings. The highest BCUT2D eigenvalue weighted by atomic mass is 32.2. The topological polar surface area (TPSA) is 83.6 Å². The second kappa shape index (κ2) is 7.12. The first-order valence-corrected chi connectivity index (χ1v) is 10.2. The molecule has 2 aromatic rings. The van der Waals surface area contributed by atoms with Gasteiger partial charge >= 0.3 is 0 Å². The van der Waals surface area contributed by atoms with Crippen molar-refractivity contribution >= 4 is 25.7 Å². The standard InChI is InChI=1S/C15H18N2O4S2/c1-22(18,19)17(14-8-4-2-5-9-14)13-12-16-23(20,21)15-10-6-3-7-11-15/h2-11,16H,12-13H2,1H3. The largest absolute Gasteiger partial charge is 0.269 e. The summed E-state index contributed by atoms with van der Waals surface area (Å²) < 4.78 is 51.6. The molecule has 0 amide bonds. The molecule has 23 heavy (non-hydrogen) atoms. The Kier molecular flexibility index (Phi) is 5.40. The number of rotatable bonds is 7. The fourth-order valence-corrected chi connectivity index (χ4v) is 4.01. The minimum Gasteiger partial charge on any atom is -0.269 e. The van der Waals surface area contributed by atoms with Gasteiger partial charge in [0.05, 0.1) is 16.8 Å². The van der Waals surface area contributed by atoms with Crippen molar-refractivity contribution in [3.63, 3.8) is 0 Å². The Bertz CT molecular complexity index is 836. The fourth-order valence-electron chi connectivity index (χ4n) is 2.05. The van der Waals surface area contributed by atoms with E-state index in [1.165, 1.54) is 16.4 Å². The van der Waals surface area contributed by atoms with Gasteiger partial charge in [-0.1, -0.05) is 36.4 Å². The zero-order valence-electron chi connectivity index (χ0n) is 12.6. The SMILES string of the molecule is CS(=O)(=O)N(CCNS(=O)(=O)c1ccccc1)c1ccccc1. The smallest absolute Gasteiger partial charge is 0.240 e. The molecule has 1 N–H and O–H groups in total. The Morgan fingerprint density at radius 2 is 1.39 bits per heavy atom. The molecular weight excluding hydrogens is 336 g/mol. The van der Waals surface area contributed by atoms with E-state index >= 15 is 0 Å². The molecule has 8 heteroatoms. The van der Waals surface area contributed by atoms with E-state index in [2.05, 4.69) is 4.72 Å². The number of hydrogen-bond acceptors (Lipinski definition) is 4. The van der Waals surface area contributed by atoms with Gasteiger partial charge in [0, 0.05) is 13.1 Å². The summed E-state index contributed by atoms with van der Waals surface area (Å²) >= 11 is 0. The normalized spacial score (nSPS) is 12.0. The number of hydrogen-bond donors (Lipinski definition) is 1. The summed E-state index contributed by atoms with van der Waals surface area (Å²) in [6.07, 6.45) is 1.09. The van der Waals surface area contributed by atoms with Gasteiger partial charge in [-0.15, -0.1) is 0 Å². The Balaban J connectivity index is 2.09. The van der Waals surface area contributed by atoms with Crippen LogP contribution in [0.4, 0.5) is 5.69 Å². The summed E-state index contributed by atoms with van der Waals surface area (Å²) in [4.78, 5) is 0.144. The number of nitrogens with zero attached hydrogens (tertiary/aromatic N) is 1. The molecule has 0 heterocycles. The van der Waals surface area contributed by atoms with Crippen molar-refractivity contribution in [3.05, 3.63) is 60.7 Å². The highest BCUT2D eigenvalue weighted by Crippen LogP contribution is 2.16. The second-order valence-corrected chi connectivity index (χ2v) is 8.56. The Hall–Kier alpha value is -1.90. The quantitative estimate of drug-likeness (QED) is 0.815. The number of nitrogens with one attached hydrogen (secondary N) is 1. The van der Waals surface area contributed by atoms with E-state index in [-0.39, 0.29) is 18.0 Å². The van der Waals surface area contributed by atoms with Gasteiger partial charge in [0.2, 0.25) is 20.0 Å². The van der Waals surface area contributed by atoms with Crippen LogP contribution in [0.1, 0.15) is 0 Å². The average molecular weight is 354 g/mol. The van der Waals surface area contributed by atoms with Gasteiger partial charge in [-0.05, 0) is 24.3 Å². The number of anilines is 1. The molecule has 0 aromatic heterocycles. The lowest BCUT2D eigenvalue weighted by Crippen LogP contribution is -2.38. The van der Waals surface area contributed by atoms with Gasteiger partial charge in [0.15, 0.2) is 0 Å². The Morgan fingerprint density at radius 3 is 1.91 bits per heavy atom. The molecular formula is C15H18N2O4S2. The molecule has 0 aliphatic rings. The highest BCUT2D eigenvalue weighted by Gasteiger charge is 2.19. The van der Waals surface area contributed by atoms with E-state index in [1.807, 2.05) is 0 Å². The van der Waals surface area contributed by atoms with Crippen molar-refractivity contribution < 1.29 is 16.8 Å². The second-order valence-electron chi connectivity index (χ2n) is 4.88. The average Bonchev–Trinajstić information content (AvgIpc) is 2.52. The summed E-state index contributed by atoms with van der Waals surface area (Å²) in [7, 11) is -7.16. The predicted molar refractivity (Wildman–Crippen MR) is 90.3 cm³/mol. The van der Waals surface area contributed by atoms with Crippen LogP contribution < -0.4 is 9.03 Å². The summed E-state index contributed by atoms with van der Waals surface area (Å²) in [5.41, 5.74) is 0.494. The van der Waals surface area contributed by atoms with Crippen LogP contribution in [0, 0.1) is 0 Å². The minimum atomic E-state index is -3.66. The van der Waals surface area contributed by atoms with Crippen LogP contribution >= 0.6 is 0 Å². The van der Waals surface area contributed by atoms with Crippen LogP contribution in [-0.4, -0.2) is 36.2 Å². The van der Waals surface area contributed by atoms with Gasteiger partial charge in [-0.25, -0.2) is 21.6 Å². The van der Waals surface area contributed by atoms with E-state index in [0.29, 0.717) is 5.69 Å². The Labute approximate surface area is 136 Å². The zero-order valence-corrected chi connectivity index (χ0v) is 14.2. The van der Waals surface area contributed by atoms with Crippen LogP contribution in [0.3, 0.4) is 0 Å². The zero-order chi connectivity index (χ0) is 16.9. The lowest BCUT2D eigenvalue weighted by atomic mass is 10.3. The maximum absolute atomic E-state index is 12.1. The number of sulfonamides is 2. The van der Waals surface area contributed by atoms with E-state index in [4.69, 9.17) is 0 Å². The molecule has 0 aliphatic heterocycles. The van der Waals surface area contributed by atoms with Crippen LogP contribution in [0.15, 0.2) is 65.6 Å². The van der Waals surface area contributed by atoms with Gasteiger partial charge in [-0.2, -0.15) is 0 Å². The molecule has 0 radical (unpaired) electrons. The molecule has 0 bridgehead atoms. The molecule has 0 spiro atoms. The van der Waals surface area contributed by atoms with Crippen molar-refractivity contribution in [2.24, 2.45) is 0 Å². The van der Waals surface area contributed by atoms with Crippen LogP contribution in [0.25, 0.3) is 0 Å². The Morgan fingerprint density at radius 1 is 0.870 bits per heavy atom. The number of benzene rings is 2. The maximum Gasteiger partial charge on any atom is 0.240 e. The minimum absolute atomic E-state index is 0.00884. The van der Waals surface area contributed by atoms with E-state index < -0.39 is 20.0 Å². The lowest BCUT2D eigenvalue weighted by molar-refractivity contribution is 0.578. The first-order chi connectivity index (χ1) is 10.8. The van der Waals surface area contributed by atoms with Gasteiger partial charge in [0.1, 0.15) is 0 Å². The molecule has 124 valence electrons. The molecule has 0 unspecified atom stereocenters. The molecule has 6 nitrogen and oxygen atoms in total. The summed E-state index contributed by atoms with van der Waals surface area (Å²) in [5.74, 6) is 0. The van der Waals surface area contributed by atoms with Crippen molar-refractivity contribution in [2.45, 2.75) is 4.90 Å². The molecule has 2 aromatic carbocycles. The van der Waals surface area contributed by atoms with Crippen molar-refractivity contribution in [2.75, 3.05) is 23.7 Å². The third-order valence-corrected chi connectivity index (χ3v) is 5.78. The van der Waals surface area contributed by atoms with E-state index in [0.717, 1.165) is 6.26 Å². The maximum atomic E-state index is 12.1. The van der Waals surface area contributed by atoms with Gasteiger partial charge in [0.25, 0.3) is 0 Å². The molecule has 2 rings (SSSR count). The fraction of sp³-hybridized carbons (Fsp3) is 0.200. The third-order valence-electron chi connectivity index (χ3n) is 3.10. The van der Waals surface area contributed by atoms with Crippen LogP contribution in [0.5, 0.6) is 0 Å². The lowest BCUT2D eigenvalue weighted by Gasteiger charge is -2.22.